The summed E-state index contributed by atoms with van der Waals surface area (Å²) >= 11 is 0. The predicted molar refractivity (Wildman–Crippen MR) is 74.6 cm³/mol. The predicted octanol–water partition coefficient (Wildman–Crippen LogP) is 3.76. The van der Waals surface area contributed by atoms with Crippen LogP contribution in [0, 0.1) is 25.5 Å². The highest BCUT2D eigenvalue weighted by Gasteiger charge is 2.09. The first-order valence-corrected chi connectivity index (χ1v) is 6.27. The third-order valence-electron chi connectivity index (χ3n) is 3.14. The van der Waals surface area contributed by atoms with E-state index in [0.29, 0.717) is 0 Å². The topological polar surface area (TPSA) is 29.1 Å². The van der Waals surface area contributed by atoms with Crippen molar-refractivity contribution in [2.24, 2.45) is 0 Å². The van der Waals surface area contributed by atoms with E-state index in [1.165, 1.54) is 6.07 Å². The summed E-state index contributed by atoms with van der Waals surface area (Å²) in [4.78, 5) is 11.8. The Hall–Kier alpha value is -2.23. The fourth-order valence-electron chi connectivity index (χ4n) is 1.88. The fraction of sp³-hybridized carbons (Fsp3) is 0.188. The number of aryl methyl sites for hydroxylation is 2. The van der Waals surface area contributed by atoms with Gasteiger partial charge in [-0.05, 0) is 42.7 Å². The smallest absolute Gasteiger partial charge is 0.228 e. The molecule has 0 heterocycles. The van der Waals surface area contributed by atoms with E-state index < -0.39 is 11.6 Å². The molecule has 2 aromatic rings. The number of rotatable bonds is 3. The average Bonchev–Trinajstić information content (AvgIpc) is 2.37. The van der Waals surface area contributed by atoms with Crippen molar-refractivity contribution in [2.75, 3.05) is 5.32 Å². The zero-order valence-electron chi connectivity index (χ0n) is 11.3. The van der Waals surface area contributed by atoms with Gasteiger partial charge in [0.25, 0.3) is 0 Å². The maximum Gasteiger partial charge on any atom is 0.228 e. The number of hydrogen-bond acceptors (Lipinski definition) is 1. The number of carbonyl (C=O) groups excluding carboxylic acids is 1. The van der Waals surface area contributed by atoms with Gasteiger partial charge < -0.3 is 5.32 Å². The monoisotopic (exact) mass is 275 g/mol. The molecule has 0 aliphatic rings. The summed E-state index contributed by atoms with van der Waals surface area (Å²) in [5, 5.41) is 2.44. The molecule has 0 atom stereocenters. The molecule has 1 amide bonds. The third-order valence-corrected chi connectivity index (χ3v) is 3.14. The van der Waals surface area contributed by atoms with Crippen LogP contribution in [0.25, 0.3) is 0 Å². The molecule has 1 N–H and O–H groups in total. The van der Waals surface area contributed by atoms with Crippen molar-refractivity contribution in [3.8, 4) is 0 Å². The van der Waals surface area contributed by atoms with Crippen molar-refractivity contribution in [3.63, 3.8) is 0 Å². The van der Waals surface area contributed by atoms with Gasteiger partial charge in [0.15, 0.2) is 0 Å². The minimum atomic E-state index is -0.779. The van der Waals surface area contributed by atoms with E-state index in [0.717, 1.165) is 28.8 Å². The number of amides is 1. The van der Waals surface area contributed by atoms with Crippen LogP contribution in [0.4, 0.5) is 14.5 Å². The van der Waals surface area contributed by atoms with Gasteiger partial charge in [-0.1, -0.05) is 18.2 Å². The largest absolute Gasteiger partial charge is 0.323 e. The lowest BCUT2D eigenvalue weighted by Gasteiger charge is -2.08. The quantitative estimate of drug-likeness (QED) is 0.907. The van der Waals surface area contributed by atoms with Crippen LogP contribution >= 0.6 is 0 Å². The van der Waals surface area contributed by atoms with Crippen molar-refractivity contribution < 1.29 is 13.6 Å². The lowest BCUT2D eigenvalue weighted by Crippen LogP contribution is -2.15. The number of anilines is 1. The second-order valence-corrected chi connectivity index (χ2v) is 4.77. The van der Waals surface area contributed by atoms with E-state index in [2.05, 4.69) is 5.32 Å². The van der Waals surface area contributed by atoms with Crippen LogP contribution in [-0.2, 0) is 11.2 Å². The summed E-state index contributed by atoms with van der Waals surface area (Å²) in [6.45, 7) is 3.96. The number of nitrogens with one attached hydrogen (secondary N) is 1. The molecule has 2 rings (SSSR count). The average molecular weight is 275 g/mol. The van der Waals surface area contributed by atoms with E-state index >= 15 is 0 Å². The summed E-state index contributed by atoms with van der Waals surface area (Å²) in [6, 6.07) is 8.79. The van der Waals surface area contributed by atoms with Gasteiger partial charge in [0, 0.05) is 6.07 Å². The van der Waals surface area contributed by atoms with Crippen LogP contribution in [0.5, 0.6) is 0 Å². The Morgan fingerprint density at radius 1 is 1.05 bits per heavy atom. The van der Waals surface area contributed by atoms with Crippen LogP contribution < -0.4 is 5.32 Å². The standard InChI is InChI=1S/C16H15F2NO/c1-10-3-4-12(7-11(10)2)8-16(20)19-15-6-5-13(17)9-14(15)18/h3-7,9H,8H2,1-2H3,(H,19,20). The van der Waals surface area contributed by atoms with Crippen molar-refractivity contribution in [1.82, 2.24) is 0 Å². The Labute approximate surface area is 116 Å². The van der Waals surface area contributed by atoms with Gasteiger partial charge in [-0.2, -0.15) is 0 Å². The van der Waals surface area contributed by atoms with Gasteiger partial charge in [-0.3, -0.25) is 4.79 Å². The lowest BCUT2D eigenvalue weighted by atomic mass is 10.0. The van der Waals surface area contributed by atoms with Crippen molar-refractivity contribution in [1.29, 1.82) is 0 Å². The van der Waals surface area contributed by atoms with Crippen LogP contribution in [0.2, 0.25) is 0 Å². The molecule has 104 valence electrons. The highest BCUT2D eigenvalue weighted by atomic mass is 19.1. The van der Waals surface area contributed by atoms with E-state index in [1.807, 2.05) is 32.0 Å². The molecule has 0 aromatic heterocycles. The number of hydrogen-bond donors (Lipinski definition) is 1. The van der Waals surface area contributed by atoms with E-state index in [-0.39, 0.29) is 18.0 Å². The summed E-state index contributed by atoms with van der Waals surface area (Å²) in [5.41, 5.74) is 3.09. The first kappa shape index (κ1) is 14.2. The van der Waals surface area contributed by atoms with Crippen LogP contribution in [0.1, 0.15) is 16.7 Å². The van der Waals surface area contributed by atoms with E-state index in [1.54, 1.807) is 0 Å². The highest BCUT2D eigenvalue weighted by molar-refractivity contribution is 5.92. The molecule has 0 fully saturated rings. The third kappa shape index (κ3) is 3.41. The van der Waals surface area contributed by atoms with Crippen LogP contribution in [0.3, 0.4) is 0 Å². The fourth-order valence-corrected chi connectivity index (χ4v) is 1.88. The van der Waals surface area contributed by atoms with Crippen molar-refractivity contribution in [3.05, 3.63) is 64.7 Å². The molecule has 2 nitrogen and oxygen atoms in total. The number of carbonyl (C=O) groups is 1. The highest BCUT2D eigenvalue weighted by Crippen LogP contribution is 2.16. The van der Waals surface area contributed by atoms with Crippen molar-refractivity contribution >= 4 is 11.6 Å². The Morgan fingerprint density at radius 2 is 1.80 bits per heavy atom. The Kier molecular flexibility index (Phi) is 4.13. The number of benzene rings is 2. The maximum atomic E-state index is 13.4. The molecule has 0 radical (unpaired) electrons. The van der Waals surface area contributed by atoms with Gasteiger partial charge in [-0.15, -0.1) is 0 Å². The van der Waals surface area contributed by atoms with Gasteiger partial charge >= 0.3 is 0 Å². The first-order chi connectivity index (χ1) is 9.45. The lowest BCUT2D eigenvalue weighted by molar-refractivity contribution is -0.115. The molecule has 20 heavy (non-hydrogen) atoms. The molecule has 4 heteroatoms. The SMILES string of the molecule is Cc1ccc(CC(=O)Nc2ccc(F)cc2F)cc1C. The Morgan fingerprint density at radius 3 is 2.45 bits per heavy atom. The molecule has 0 aliphatic carbocycles. The van der Waals surface area contributed by atoms with Gasteiger partial charge in [0.1, 0.15) is 11.6 Å². The normalized spacial score (nSPS) is 10.4. The maximum absolute atomic E-state index is 13.4. The van der Waals surface area contributed by atoms with Crippen LogP contribution in [0.15, 0.2) is 36.4 Å². The summed E-state index contributed by atoms with van der Waals surface area (Å²) in [7, 11) is 0. The first-order valence-electron chi connectivity index (χ1n) is 6.27. The van der Waals surface area contributed by atoms with E-state index in [4.69, 9.17) is 0 Å². The molecule has 0 spiro atoms. The molecule has 0 saturated carbocycles. The van der Waals surface area contributed by atoms with Gasteiger partial charge in [-0.25, -0.2) is 8.78 Å². The summed E-state index contributed by atoms with van der Waals surface area (Å²) in [6.07, 6.45) is 0.151. The zero-order valence-corrected chi connectivity index (χ0v) is 11.3. The Bertz CT molecular complexity index is 653. The van der Waals surface area contributed by atoms with Gasteiger partial charge in [0.05, 0.1) is 12.1 Å². The molecule has 0 bridgehead atoms. The minimum absolute atomic E-state index is 0.0137. The minimum Gasteiger partial charge on any atom is -0.323 e. The molecule has 2 aromatic carbocycles. The second kappa shape index (κ2) is 5.82. The zero-order chi connectivity index (χ0) is 14.7. The van der Waals surface area contributed by atoms with Crippen LogP contribution in [-0.4, -0.2) is 5.91 Å². The molecular weight excluding hydrogens is 260 g/mol. The molecule has 0 aliphatic heterocycles. The number of halogens is 2. The van der Waals surface area contributed by atoms with Gasteiger partial charge in [0.2, 0.25) is 5.91 Å². The second-order valence-electron chi connectivity index (χ2n) is 4.77. The summed E-state index contributed by atoms with van der Waals surface area (Å²) in [5.74, 6) is -1.79. The summed E-state index contributed by atoms with van der Waals surface area (Å²) < 4.78 is 26.2. The van der Waals surface area contributed by atoms with Crippen molar-refractivity contribution in [2.45, 2.75) is 20.3 Å². The molecule has 0 unspecified atom stereocenters. The molecular formula is C16H15F2NO. The van der Waals surface area contributed by atoms with E-state index in [9.17, 15) is 13.6 Å². The Balaban J connectivity index is 2.07. The molecule has 0 saturated heterocycles.